The Labute approximate surface area is 152 Å². The number of hydrogen-bond donors (Lipinski definition) is 1. The molecule has 2 fully saturated rings. The highest BCUT2D eigenvalue weighted by molar-refractivity contribution is 5.34. The first-order valence-corrected chi connectivity index (χ1v) is 8.96. The van der Waals surface area contributed by atoms with Gasteiger partial charge in [0.2, 0.25) is 0 Å². The third kappa shape index (κ3) is 3.37. The summed E-state index contributed by atoms with van der Waals surface area (Å²) in [5, 5.41) is 7.96. The fourth-order valence-electron chi connectivity index (χ4n) is 3.42. The van der Waals surface area contributed by atoms with E-state index in [0.717, 1.165) is 23.6 Å². The summed E-state index contributed by atoms with van der Waals surface area (Å²) in [5.74, 6) is 1.35. The van der Waals surface area contributed by atoms with E-state index in [2.05, 4.69) is 40.6 Å². The van der Waals surface area contributed by atoms with E-state index in [1.807, 2.05) is 20.0 Å². The lowest BCUT2D eigenvalue weighted by Crippen LogP contribution is -2.13. The third-order valence-corrected chi connectivity index (χ3v) is 5.25. The maximum atomic E-state index is 5.51. The van der Waals surface area contributed by atoms with Gasteiger partial charge in [0.15, 0.2) is 0 Å². The normalized spacial score (nSPS) is 19.5. The van der Waals surface area contributed by atoms with Gasteiger partial charge in [-0.15, -0.1) is 0 Å². The number of benzene rings is 1. The Balaban J connectivity index is 0.000000130. The number of nitrogens with zero attached hydrogens (tertiary/aromatic N) is 3. The van der Waals surface area contributed by atoms with E-state index >= 15 is 0 Å². The molecule has 0 radical (unpaired) electrons. The second-order valence-corrected chi connectivity index (χ2v) is 7.09. The van der Waals surface area contributed by atoms with Gasteiger partial charge in [-0.25, -0.2) is 0 Å². The Bertz CT molecular complexity index is 857. The number of aromatic nitrogens is 3. The van der Waals surface area contributed by atoms with Crippen LogP contribution in [0.15, 0.2) is 47.1 Å². The van der Waals surface area contributed by atoms with Gasteiger partial charge in [0.05, 0.1) is 24.9 Å². The molecule has 1 aliphatic heterocycles. The Morgan fingerprint density at radius 3 is 2.42 bits per heavy atom. The average molecular weight is 352 g/mol. The fraction of sp³-hybridized carbons (Fsp3) is 0.400. The molecule has 26 heavy (non-hydrogen) atoms. The summed E-state index contributed by atoms with van der Waals surface area (Å²) in [5.41, 5.74) is 9.39. The van der Waals surface area contributed by atoms with Crippen LogP contribution in [0.3, 0.4) is 0 Å². The van der Waals surface area contributed by atoms with Gasteiger partial charge in [-0.2, -0.15) is 5.10 Å². The van der Waals surface area contributed by atoms with Crippen LogP contribution >= 0.6 is 0 Å². The standard InChI is InChI=1S/C11H12O.C9H12N4O/c1-2-4-9(5-3-1)11(6-7-11)10-8-12-10;1-6-8(7(2)14-12-6)5-13-4-3-9(10)11-13/h1-5,10H,6-8H2;3-4H,5H2,1-2H3,(H2,10,11). The average Bonchev–Trinajstić information content (AvgIpc) is 3.56. The fourth-order valence-corrected chi connectivity index (χ4v) is 3.42. The molecule has 1 aliphatic carbocycles. The summed E-state index contributed by atoms with van der Waals surface area (Å²) in [6.45, 7) is 5.44. The van der Waals surface area contributed by atoms with Crippen LogP contribution in [-0.4, -0.2) is 27.6 Å². The highest BCUT2D eigenvalue weighted by Crippen LogP contribution is 2.55. The van der Waals surface area contributed by atoms with E-state index in [1.165, 1.54) is 18.4 Å². The van der Waals surface area contributed by atoms with Crippen LogP contribution in [0.25, 0.3) is 0 Å². The van der Waals surface area contributed by atoms with Gasteiger partial charge in [0, 0.05) is 17.2 Å². The summed E-state index contributed by atoms with van der Waals surface area (Å²) in [7, 11) is 0. The van der Waals surface area contributed by atoms with E-state index < -0.39 is 0 Å². The smallest absolute Gasteiger partial charge is 0.145 e. The van der Waals surface area contributed by atoms with Gasteiger partial charge in [0.1, 0.15) is 11.6 Å². The molecule has 2 aliphatic rings. The van der Waals surface area contributed by atoms with Crippen LogP contribution in [0, 0.1) is 13.8 Å². The Morgan fingerprint density at radius 1 is 1.19 bits per heavy atom. The van der Waals surface area contributed by atoms with Crippen molar-refractivity contribution in [2.75, 3.05) is 12.3 Å². The highest BCUT2D eigenvalue weighted by atomic mass is 16.6. The van der Waals surface area contributed by atoms with Crippen LogP contribution in [0.2, 0.25) is 0 Å². The molecule has 0 spiro atoms. The van der Waals surface area contributed by atoms with Crippen molar-refractivity contribution < 1.29 is 9.26 Å². The largest absolute Gasteiger partial charge is 0.382 e. The third-order valence-electron chi connectivity index (χ3n) is 5.25. The number of rotatable bonds is 4. The van der Waals surface area contributed by atoms with Crippen molar-refractivity contribution in [2.24, 2.45) is 0 Å². The van der Waals surface area contributed by atoms with E-state index in [-0.39, 0.29) is 0 Å². The molecule has 3 aromatic rings. The van der Waals surface area contributed by atoms with Crippen molar-refractivity contribution in [1.82, 2.24) is 14.9 Å². The molecule has 6 nitrogen and oxygen atoms in total. The number of ether oxygens (including phenoxy) is 1. The van der Waals surface area contributed by atoms with Crippen molar-refractivity contribution in [3.63, 3.8) is 0 Å². The molecule has 1 atom stereocenters. The van der Waals surface area contributed by atoms with Gasteiger partial charge in [0.25, 0.3) is 0 Å². The van der Waals surface area contributed by atoms with Crippen molar-refractivity contribution in [3.8, 4) is 0 Å². The number of anilines is 1. The van der Waals surface area contributed by atoms with Crippen LogP contribution < -0.4 is 5.73 Å². The number of hydrogen-bond acceptors (Lipinski definition) is 5. The molecule has 1 aromatic carbocycles. The SMILES string of the molecule is Cc1noc(C)c1Cn1ccc(N)n1.c1ccc(C2(C3CO3)CC2)cc1. The Morgan fingerprint density at radius 2 is 1.92 bits per heavy atom. The summed E-state index contributed by atoms with van der Waals surface area (Å²) >= 11 is 0. The topological polar surface area (TPSA) is 82.4 Å². The van der Waals surface area contributed by atoms with E-state index in [0.29, 0.717) is 23.9 Å². The zero-order valence-electron chi connectivity index (χ0n) is 15.2. The predicted molar refractivity (Wildman–Crippen MR) is 98.8 cm³/mol. The monoisotopic (exact) mass is 352 g/mol. The number of epoxide rings is 1. The molecular formula is C20H24N4O2. The molecule has 1 saturated heterocycles. The molecule has 136 valence electrons. The van der Waals surface area contributed by atoms with E-state index in [4.69, 9.17) is 15.0 Å². The molecule has 0 bridgehead atoms. The number of aryl methyl sites for hydroxylation is 2. The zero-order valence-corrected chi connectivity index (χ0v) is 15.2. The lowest BCUT2D eigenvalue weighted by Gasteiger charge is -2.11. The lowest BCUT2D eigenvalue weighted by atomic mass is 9.93. The Hall–Kier alpha value is -2.60. The zero-order chi connectivity index (χ0) is 18.1. The molecule has 3 heterocycles. The minimum atomic E-state index is 0.432. The molecule has 1 saturated carbocycles. The molecule has 6 heteroatoms. The first kappa shape index (κ1) is 16.8. The molecule has 5 rings (SSSR count). The first-order valence-electron chi connectivity index (χ1n) is 8.96. The first-order chi connectivity index (χ1) is 12.6. The minimum Gasteiger partial charge on any atom is -0.382 e. The number of nitrogen functional groups attached to an aromatic ring is 1. The molecule has 1 unspecified atom stereocenters. The van der Waals surface area contributed by atoms with E-state index in [9.17, 15) is 0 Å². The van der Waals surface area contributed by atoms with Crippen molar-refractivity contribution in [3.05, 3.63) is 65.2 Å². The summed E-state index contributed by atoms with van der Waals surface area (Å²) in [6.07, 6.45) is 5.02. The van der Waals surface area contributed by atoms with Crippen LogP contribution in [-0.2, 0) is 16.7 Å². The summed E-state index contributed by atoms with van der Waals surface area (Å²) in [4.78, 5) is 0. The quantitative estimate of drug-likeness (QED) is 0.729. The van der Waals surface area contributed by atoms with Gasteiger partial charge in [-0.05, 0) is 38.3 Å². The van der Waals surface area contributed by atoms with Crippen molar-refractivity contribution in [2.45, 2.75) is 44.8 Å². The number of nitrogens with two attached hydrogens (primary N) is 1. The van der Waals surface area contributed by atoms with Gasteiger partial charge >= 0.3 is 0 Å². The molecule has 2 aromatic heterocycles. The van der Waals surface area contributed by atoms with Crippen LogP contribution in [0.1, 0.15) is 35.4 Å². The summed E-state index contributed by atoms with van der Waals surface area (Å²) < 4.78 is 12.2. The van der Waals surface area contributed by atoms with E-state index in [1.54, 1.807) is 10.7 Å². The Kier molecular flexibility index (Phi) is 4.28. The van der Waals surface area contributed by atoms with Gasteiger partial charge in [-0.1, -0.05) is 35.5 Å². The van der Waals surface area contributed by atoms with Gasteiger partial charge in [-0.3, -0.25) is 4.68 Å². The summed E-state index contributed by atoms with van der Waals surface area (Å²) in [6, 6.07) is 12.5. The second-order valence-electron chi connectivity index (χ2n) is 7.09. The lowest BCUT2D eigenvalue weighted by molar-refractivity contribution is 0.364. The maximum Gasteiger partial charge on any atom is 0.145 e. The molecule has 0 amide bonds. The van der Waals surface area contributed by atoms with Gasteiger partial charge < -0.3 is 15.0 Å². The molecular weight excluding hydrogens is 328 g/mol. The molecule has 2 N–H and O–H groups in total. The maximum absolute atomic E-state index is 5.51. The van der Waals surface area contributed by atoms with Crippen LogP contribution in [0.4, 0.5) is 5.82 Å². The second kappa shape index (κ2) is 6.61. The predicted octanol–water partition coefficient (Wildman–Crippen LogP) is 3.24. The van der Waals surface area contributed by atoms with Crippen molar-refractivity contribution >= 4 is 5.82 Å². The van der Waals surface area contributed by atoms with Crippen LogP contribution in [0.5, 0.6) is 0 Å². The van der Waals surface area contributed by atoms with Crippen molar-refractivity contribution in [1.29, 1.82) is 0 Å². The highest BCUT2D eigenvalue weighted by Gasteiger charge is 2.56. The minimum absolute atomic E-state index is 0.432.